The van der Waals surface area contributed by atoms with Gasteiger partial charge < -0.3 is 5.32 Å². The van der Waals surface area contributed by atoms with Gasteiger partial charge in [-0.2, -0.15) is 5.10 Å². The average molecular weight is 437 g/mol. The van der Waals surface area contributed by atoms with Crippen molar-refractivity contribution in [3.63, 3.8) is 0 Å². The summed E-state index contributed by atoms with van der Waals surface area (Å²) in [6.07, 6.45) is 2.43. The lowest BCUT2D eigenvalue weighted by Gasteiger charge is -2.28. The predicted octanol–water partition coefficient (Wildman–Crippen LogP) is 4.77. The molecule has 162 valence electrons. The lowest BCUT2D eigenvalue weighted by Crippen LogP contribution is -2.37. The van der Waals surface area contributed by atoms with E-state index in [0.717, 1.165) is 30.0 Å². The molecule has 1 unspecified atom stereocenters. The second-order valence-electron chi connectivity index (χ2n) is 8.17. The van der Waals surface area contributed by atoms with Gasteiger partial charge in [-0.25, -0.2) is 0 Å². The summed E-state index contributed by atoms with van der Waals surface area (Å²) in [7, 11) is 0. The fourth-order valence-electron chi connectivity index (χ4n) is 4.43. The number of halogens is 1. The molecule has 0 aliphatic carbocycles. The first-order valence-corrected chi connectivity index (χ1v) is 11.3. The summed E-state index contributed by atoms with van der Waals surface area (Å²) in [6.45, 7) is 7.10. The van der Waals surface area contributed by atoms with Crippen molar-refractivity contribution in [3.05, 3.63) is 87.7 Å². The molecule has 1 saturated heterocycles. The summed E-state index contributed by atoms with van der Waals surface area (Å²) in [5, 5.41) is 8.51. The van der Waals surface area contributed by atoms with E-state index in [1.807, 2.05) is 48.9 Å². The maximum Gasteiger partial charge on any atom is 0.255 e. The number of aromatic nitrogens is 2. The molecular weight excluding hydrogens is 408 g/mol. The number of benzene rings is 2. The molecule has 1 atom stereocenters. The lowest BCUT2D eigenvalue weighted by atomic mass is 10.1. The van der Waals surface area contributed by atoms with Gasteiger partial charge >= 0.3 is 0 Å². The highest BCUT2D eigenvalue weighted by Crippen LogP contribution is 2.25. The molecule has 0 bridgehead atoms. The number of rotatable bonds is 7. The minimum Gasteiger partial charge on any atom is -0.350 e. The molecule has 31 heavy (non-hydrogen) atoms. The number of hydrogen-bond donors (Lipinski definition) is 1. The Hall–Kier alpha value is -2.63. The summed E-state index contributed by atoms with van der Waals surface area (Å²) in [5.74, 6) is -0.0689. The van der Waals surface area contributed by atoms with Gasteiger partial charge in [0, 0.05) is 17.3 Å². The first-order chi connectivity index (χ1) is 15.0. The van der Waals surface area contributed by atoms with Crippen molar-refractivity contribution in [3.8, 4) is 0 Å². The average Bonchev–Trinajstić information content (AvgIpc) is 3.39. The van der Waals surface area contributed by atoms with Crippen molar-refractivity contribution >= 4 is 17.5 Å². The first-order valence-electron chi connectivity index (χ1n) is 10.9. The van der Waals surface area contributed by atoms with E-state index in [1.54, 1.807) is 0 Å². The third-order valence-corrected chi connectivity index (χ3v) is 6.48. The summed E-state index contributed by atoms with van der Waals surface area (Å²) in [5.41, 5.74) is 4.47. The van der Waals surface area contributed by atoms with Gasteiger partial charge in [0.25, 0.3) is 5.91 Å². The standard InChI is InChI=1S/C25H29ClN4O/c1-18-24(19(2)30(28-18)17-21-12-6-7-13-22(21)26)25(31)27-16-23(29-14-8-9-15-29)20-10-4-3-5-11-20/h3-7,10-13,23H,8-9,14-17H2,1-2H3,(H,27,31). The number of amides is 1. The molecular formula is C25H29ClN4O. The number of likely N-dealkylation sites (tertiary alicyclic amines) is 1. The second kappa shape index (κ2) is 9.67. The van der Waals surface area contributed by atoms with Crippen LogP contribution in [0.25, 0.3) is 0 Å². The number of aryl methyl sites for hydroxylation is 1. The van der Waals surface area contributed by atoms with E-state index in [1.165, 1.54) is 18.4 Å². The number of nitrogens with one attached hydrogen (secondary N) is 1. The van der Waals surface area contributed by atoms with Crippen LogP contribution in [-0.4, -0.2) is 40.2 Å². The van der Waals surface area contributed by atoms with Crippen LogP contribution in [0.4, 0.5) is 0 Å². The van der Waals surface area contributed by atoms with E-state index in [0.29, 0.717) is 23.7 Å². The molecule has 1 fully saturated rings. The Balaban J connectivity index is 1.50. The molecule has 2 heterocycles. The third-order valence-electron chi connectivity index (χ3n) is 6.11. The van der Waals surface area contributed by atoms with Crippen molar-refractivity contribution in [1.29, 1.82) is 0 Å². The SMILES string of the molecule is Cc1nn(Cc2ccccc2Cl)c(C)c1C(=O)NCC(c1ccccc1)N1CCCC1. The van der Waals surface area contributed by atoms with E-state index in [4.69, 9.17) is 11.6 Å². The molecule has 1 N–H and O–H groups in total. The molecule has 1 aliphatic heterocycles. The normalized spacial score (nSPS) is 15.2. The molecule has 5 nitrogen and oxygen atoms in total. The van der Waals surface area contributed by atoms with Crippen LogP contribution in [0.2, 0.25) is 5.02 Å². The molecule has 0 spiro atoms. The van der Waals surface area contributed by atoms with Crippen LogP contribution in [0.1, 0.15) is 51.8 Å². The Morgan fingerprint density at radius 2 is 1.74 bits per heavy atom. The van der Waals surface area contributed by atoms with Gasteiger partial charge in [0.15, 0.2) is 0 Å². The number of hydrogen-bond acceptors (Lipinski definition) is 3. The van der Waals surface area contributed by atoms with Crippen molar-refractivity contribution in [2.24, 2.45) is 0 Å². The van der Waals surface area contributed by atoms with Gasteiger partial charge in [0.05, 0.1) is 23.8 Å². The monoisotopic (exact) mass is 436 g/mol. The van der Waals surface area contributed by atoms with E-state index in [-0.39, 0.29) is 11.9 Å². The van der Waals surface area contributed by atoms with Crippen LogP contribution in [0, 0.1) is 13.8 Å². The zero-order valence-electron chi connectivity index (χ0n) is 18.1. The number of carbonyl (C=O) groups excluding carboxylic acids is 1. The van der Waals surface area contributed by atoms with Crippen molar-refractivity contribution in [2.45, 2.75) is 39.3 Å². The fourth-order valence-corrected chi connectivity index (χ4v) is 4.63. The molecule has 1 aliphatic rings. The van der Waals surface area contributed by atoms with E-state index in [9.17, 15) is 4.79 Å². The zero-order valence-corrected chi connectivity index (χ0v) is 18.9. The number of nitrogens with zero attached hydrogens (tertiary/aromatic N) is 3. The summed E-state index contributed by atoms with van der Waals surface area (Å²) in [4.78, 5) is 15.6. The Labute approximate surface area is 189 Å². The molecule has 3 aromatic rings. The maximum atomic E-state index is 13.2. The van der Waals surface area contributed by atoms with Gasteiger partial charge in [-0.3, -0.25) is 14.4 Å². The Morgan fingerprint density at radius 3 is 2.45 bits per heavy atom. The molecule has 4 rings (SSSR count). The third kappa shape index (κ3) is 4.83. The van der Waals surface area contributed by atoms with Gasteiger partial charge in [-0.1, -0.05) is 60.1 Å². The van der Waals surface area contributed by atoms with E-state index < -0.39 is 0 Å². The fraction of sp³-hybridized carbons (Fsp3) is 0.360. The lowest BCUT2D eigenvalue weighted by molar-refractivity contribution is 0.0936. The van der Waals surface area contributed by atoms with Crippen LogP contribution >= 0.6 is 11.6 Å². The number of carbonyl (C=O) groups is 1. The smallest absolute Gasteiger partial charge is 0.255 e. The maximum absolute atomic E-state index is 13.2. The van der Waals surface area contributed by atoms with Crippen LogP contribution in [0.5, 0.6) is 0 Å². The topological polar surface area (TPSA) is 50.2 Å². The van der Waals surface area contributed by atoms with Crippen LogP contribution in [-0.2, 0) is 6.54 Å². The van der Waals surface area contributed by atoms with Crippen LogP contribution < -0.4 is 5.32 Å². The summed E-state index contributed by atoms with van der Waals surface area (Å²) in [6, 6.07) is 18.4. The summed E-state index contributed by atoms with van der Waals surface area (Å²) < 4.78 is 1.86. The second-order valence-corrected chi connectivity index (χ2v) is 8.58. The largest absolute Gasteiger partial charge is 0.350 e. The van der Waals surface area contributed by atoms with E-state index >= 15 is 0 Å². The van der Waals surface area contributed by atoms with Crippen LogP contribution in [0.15, 0.2) is 54.6 Å². The summed E-state index contributed by atoms with van der Waals surface area (Å²) >= 11 is 6.32. The molecule has 2 aromatic carbocycles. The van der Waals surface area contributed by atoms with Crippen molar-refractivity contribution in [1.82, 2.24) is 20.0 Å². The quantitative estimate of drug-likeness (QED) is 0.580. The highest BCUT2D eigenvalue weighted by atomic mass is 35.5. The van der Waals surface area contributed by atoms with Crippen molar-refractivity contribution < 1.29 is 4.79 Å². The minimum absolute atomic E-state index is 0.0689. The Kier molecular flexibility index (Phi) is 6.73. The highest BCUT2D eigenvalue weighted by Gasteiger charge is 2.25. The van der Waals surface area contributed by atoms with Crippen molar-refractivity contribution in [2.75, 3.05) is 19.6 Å². The highest BCUT2D eigenvalue weighted by molar-refractivity contribution is 6.31. The predicted molar refractivity (Wildman–Crippen MR) is 125 cm³/mol. The first kappa shape index (κ1) is 21.6. The molecule has 6 heteroatoms. The molecule has 0 radical (unpaired) electrons. The Morgan fingerprint density at radius 1 is 1.06 bits per heavy atom. The van der Waals surface area contributed by atoms with Gasteiger partial charge in [0.2, 0.25) is 0 Å². The molecule has 0 saturated carbocycles. The van der Waals surface area contributed by atoms with Gasteiger partial charge in [0.1, 0.15) is 0 Å². The molecule has 1 aromatic heterocycles. The Bertz CT molecular complexity index is 1040. The van der Waals surface area contributed by atoms with Gasteiger partial charge in [-0.15, -0.1) is 0 Å². The zero-order chi connectivity index (χ0) is 21.8. The van der Waals surface area contributed by atoms with Gasteiger partial charge in [-0.05, 0) is 57.0 Å². The minimum atomic E-state index is -0.0689. The van der Waals surface area contributed by atoms with Crippen LogP contribution in [0.3, 0.4) is 0 Å². The molecule has 1 amide bonds. The van der Waals surface area contributed by atoms with E-state index in [2.05, 4.69) is 39.6 Å².